The summed E-state index contributed by atoms with van der Waals surface area (Å²) >= 11 is 1.30. The molecule has 0 bridgehead atoms. The van der Waals surface area contributed by atoms with Crippen LogP contribution in [0.4, 0.5) is 13.2 Å². The van der Waals surface area contributed by atoms with Gasteiger partial charge in [-0.3, -0.25) is 0 Å². The third kappa shape index (κ3) is 4.08. The first kappa shape index (κ1) is 17.5. The van der Waals surface area contributed by atoms with Gasteiger partial charge < -0.3 is 14.1 Å². The van der Waals surface area contributed by atoms with E-state index in [2.05, 4.69) is 19.9 Å². The molecule has 5 nitrogen and oxygen atoms in total. The Hall–Kier alpha value is -2.94. The summed E-state index contributed by atoms with van der Waals surface area (Å²) in [7, 11) is 0. The third-order valence-electron chi connectivity index (χ3n) is 3.75. The summed E-state index contributed by atoms with van der Waals surface area (Å²) in [6.07, 6.45) is -2.88. The summed E-state index contributed by atoms with van der Waals surface area (Å²) < 4.78 is 46.1. The van der Waals surface area contributed by atoms with Gasteiger partial charge in [0.2, 0.25) is 0 Å². The molecule has 2 aromatic heterocycles. The molecule has 4 aromatic rings. The highest BCUT2D eigenvalue weighted by Crippen LogP contribution is 2.31. The zero-order valence-corrected chi connectivity index (χ0v) is 14.5. The minimum Gasteiger partial charge on any atom is -0.411 e. The number of para-hydroxylation sites is 1. The lowest BCUT2D eigenvalue weighted by molar-refractivity contribution is -0.274. The van der Waals surface area contributed by atoms with Crippen LogP contribution in [0.5, 0.6) is 5.75 Å². The minimum absolute atomic E-state index is 0.254. The van der Waals surface area contributed by atoms with Crippen LogP contribution in [0.25, 0.3) is 22.4 Å². The van der Waals surface area contributed by atoms with Crippen LogP contribution >= 0.6 is 11.8 Å². The molecule has 4 rings (SSSR count). The first-order chi connectivity index (χ1) is 13.0. The molecule has 2 aromatic carbocycles. The Morgan fingerprint density at radius 1 is 1.04 bits per heavy atom. The Labute approximate surface area is 155 Å². The fourth-order valence-electron chi connectivity index (χ4n) is 2.56. The number of H-pyrrole nitrogens is 1. The standard InChI is InChI=1S/C18H12F3N3O2S/c19-18(20,21)26-12-7-5-11(6-8-12)10-27-17-24-23-16(25-17)14-9-22-15-4-2-1-3-13(14)15/h1-9,22H,10H2. The molecule has 0 atom stereocenters. The molecule has 9 heteroatoms. The first-order valence-corrected chi connectivity index (χ1v) is 8.84. The van der Waals surface area contributed by atoms with Crippen LogP contribution in [0.1, 0.15) is 5.56 Å². The van der Waals surface area contributed by atoms with Crippen molar-refractivity contribution in [1.82, 2.24) is 15.2 Å². The van der Waals surface area contributed by atoms with Gasteiger partial charge in [0.25, 0.3) is 11.1 Å². The van der Waals surface area contributed by atoms with Crippen molar-refractivity contribution in [3.63, 3.8) is 0 Å². The number of halogens is 3. The molecule has 0 aliphatic carbocycles. The maximum atomic E-state index is 12.2. The highest BCUT2D eigenvalue weighted by atomic mass is 32.2. The number of fused-ring (bicyclic) bond motifs is 1. The van der Waals surface area contributed by atoms with E-state index in [0.717, 1.165) is 22.0 Å². The molecule has 2 heterocycles. The molecular weight excluding hydrogens is 379 g/mol. The number of thioether (sulfide) groups is 1. The van der Waals surface area contributed by atoms with E-state index in [1.165, 1.54) is 23.9 Å². The van der Waals surface area contributed by atoms with Crippen molar-refractivity contribution in [3.8, 4) is 17.2 Å². The van der Waals surface area contributed by atoms with Gasteiger partial charge in [0, 0.05) is 22.9 Å². The van der Waals surface area contributed by atoms with Crippen LogP contribution in [0, 0.1) is 0 Å². The Bertz CT molecular complexity index is 1060. The van der Waals surface area contributed by atoms with Gasteiger partial charge in [-0.15, -0.1) is 23.4 Å². The van der Waals surface area contributed by atoms with Crippen molar-refractivity contribution in [2.75, 3.05) is 0 Å². The Balaban J connectivity index is 1.43. The zero-order valence-electron chi connectivity index (χ0n) is 13.7. The molecule has 0 saturated heterocycles. The number of aromatic amines is 1. The van der Waals surface area contributed by atoms with E-state index < -0.39 is 6.36 Å². The maximum Gasteiger partial charge on any atom is 0.573 e. The largest absolute Gasteiger partial charge is 0.573 e. The number of hydrogen-bond acceptors (Lipinski definition) is 5. The fraction of sp³-hybridized carbons (Fsp3) is 0.111. The molecule has 0 spiro atoms. The number of nitrogens with one attached hydrogen (secondary N) is 1. The predicted molar refractivity (Wildman–Crippen MR) is 94.3 cm³/mol. The van der Waals surface area contributed by atoms with Crippen LogP contribution in [0.3, 0.4) is 0 Å². The molecule has 1 N–H and O–H groups in total. The summed E-state index contributed by atoms with van der Waals surface area (Å²) in [4.78, 5) is 3.15. The molecule has 0 fully saturated rings. The molecular formula is C18H12F3N3O2S. The molecule has 138 valence electrons. The summed E-state index contributed by atoms with van der Waals surface area (Å²) in [6, 6.07) is 13.4. The first-order valence-electron chi connectivity index (χ1n) is 7.85. The molecule has 0 aliphatic rings. The van der Waals surface area contributed by atoms with Crippen molar-refractivity contribution < 1.29 is 22.3 Å². The second-order valence-electron chi connectivity index (χ2n) is 5.60. The van der Waals surface area contributed by atoms with Crippen LogP contribution < -0.4 is 4.74 Å². The number of ether oxygens (including phenoxy) is 1. The van der Waals surface area contributed by atoms with Gasteiger partial charge >= 0.3 is 6.36 Å². The molecule has 0 unspecified atom stereocenters. The van der Waals surface area contributed by atoms with Gasteiger partial charge in [0.15, 0.2) is 0 Å². The van der Waals surface area contributed by atoms with Crippen LogP contribution in [0.2, 0.25) is 0 Å². The van der Waals surface area contributed by atoms with E-state index in [0.29, 0.717) is 16.9 Å². The molecule has 0 radical (unpaired) electrons. The lowest BCUT2D eigenvalue weighted by atomic mass is 10.2. The summed E-state index contributed by atoms with van der Waals surface area (Å²) in [5, 5.41) is 9.46. The SMILES string of the molecule is FC(F)(F)Oc1ccc(CSc2nnc(-c3c[nH]c4ccccc34)o2)cc1. The summed E-state index contributed by atoms with van der Waals surface area (Å²) in [6.45, 7) is 0. The molecule has 0 aliphatic heterocycles. The topological polar surface area (TPSA) is 63.9 Å². The smallest absolute Gasteiger partial charge is 0.411 e. The van der Waals surface area contributed by atoms with E-state index in [4.69, 9.17) is 4.42 Å². The molecule has 0 amide bonds. The Morgan fingerprint density at radius 3 is 2.59 bits per heavy atom. The van der Waals surface area contributed by atoms with Gasteiger partial charge in [0.05, 0.1) is 5.56 Å². The van der Waals surface area contributed by atoms with E-state index in [1.807, 2.05) is 30.5 Å². The number of aromatic nitrogens is 3. The van der Waals surface area contributed by atoms with Gasteiger partial charge in [-0.1, -0.05) is 42.1 Å². The van der Waals surface area contributed by atoms with Crippen molar-refractivity contribution in [3.05, 3.63) is 60.3 Å². The fourth-order valence-corrected chi connectivity index (χ4v) is 3.28. The Kier molecular flexibility index (Phi) is 4.53. The van der Waals surface area contributed by atoms with Crippen molar-refractivity contribution in [2.24, 2.45) is 0 Å². The number of hydrogen-bond donors (Lipinski definition) is 1. The average Bonchev–Trinajstić information content (AvgIpc) is 3.26. The summed E-state index contributed by atoms with van der Waals surface area (Å²) in [5.74, 6) is 0.626. The van der Waals surface area contributed by atoms with Crippen LogP contribution in [-0.4, -0.2) is 21.5 Å². The molecule has 0 saturated carbocycles. The number of alkyl halides is 3. The van der Waals surface area contributed by atoms with Crippen molar-refractivity contribution in [2.45, 2.75) is 17.3 Å². The lowest BCUT2D eigenvalue weighted by Gasteiger charge is -2.08. The van der Waals surface area contributed by atoms with Gasteiger partial charge in [-0.05, 0) is 23.8 Å². The number of benzene rings is 2. The second-order valence-corrected chi connectivity index (χ2v) is 6.53. The quantitative estimate of drug-likeness (QED) is 0.461. The Morgan fingerprint density at radius 2 is 1.81 bits per heavy atom. The predicted octanol–water partition coefficient (Wildman–Crippen LogP) is 5.41. The molecule has 27 heavy (non-hydrogen) atoms. The van der Waals surface area contributed by atoms with Crippen LogP contribution in [-0.2, 0) is 5.75 Å². The third-order valence-corrected chi connectivity index (χ3v) is 4.63. The average molecular weight is 391 g/mol. The second kappa shape index (κ2) is 6.99. The van der Waals surface area contributed by atoms with E-state index in [-0.39, 0.29) is 5.75 Å². The normalized spacial score (nSPS) is 11.8. The number of rotatable bonds is 5. The highest BCUT2D eigenvalue weighted by Gasteiger charge is 2.30. The van der Waals surface area contributed by atoms with Crippen molar-refractivity contribution >= 4 is 22.7 Å². The number of nitrogens with zero attached hydrogens (tertiary/aromatic N) is 2. The van der Waals surface area contributed by atoms with E-state index in [9.17, 15) is 13.2 Å². The minimum atomic E-state index is -4.70. The van der Waals surface area contributed by atoms with Gasteiger partial charge in [-0.2, -0.15) is 0 Å². The van der Waals surface area contributed by atoms with E-state index in [1.54, 1.807) is 12.1 Å². The van der Waals surface area contributed by atoms with Gasteiger partial charge in [0.1, 0.15) is 5.75 Å². The zero-order chi connectivity index (χ0) is 18.9. The van der Waals surface area contributed by atoms with Crippen LogP contribution in [0.15, 0.2) is 64.4 Å². The van der Waals surface area contributed by atoms with E-state index >= 15 is 0 Å². The lowest BCUT2D eigenvalue weighted by Crippen LogP contribution is -2.16. The summed E-state index contributed by atoms with van der Waals surface area (Å²) in [5.41, 5.74) is 2.60. The maximum absolute atomic E-state index is 12.2. The van der Waals surface area contributed by atoms with Gasteiger partial charge in [-0.25, -0.2) is 0 Å². The highest BCUT2D eigenvalue weighted by molar-refractivity contribution is 7.98. The van der Waals surface area contributed by atoms with Crippen molar-refractivity contribution in [1.29, 1.82) is 0 Å². The monoisotopic (exact) mass is 391 g/mol.